The Kier molecular flexibility index (Phi) is 3.50. The molecule has 2 aliphatic rings. The Morgan fingerprint density at radius 2 is 2.06 bits per heavy atom. The highest BCUT2D eigenvalue weighted by atomic mass is 16.7. The number of rotatable bonds is 1. The van der Waals surface area contributed by atoms with Gasteiger partial charge >= 0.3 is 0 Å². The molecule has 1 aliphatic carbocycles. The Morgan fingerprint density at radius 1 is 1.38 bits per heavy atom. The highest BCUT2D eigenvalue weighted by Gasteiger charge is 2.41. The van der Waals surface area contributed by atoms with Crippen LogP contribution < -0.4 is 0 Å². The zero-order valence-corrected chi connectivity index (χ0v) is 10.5. The first-order valence-electron chi connectivity index (χ1n) is 6.18. The second kappa shape index (κ2) is 4.72. The summed E-state index contributed by atoms with van der Waals surface area (Å²) in [7, 11) is 0. The molecule has 0 bridgehead atoms. The molecule has 2 heteroatoms. The van der Waals surface area contributed by atoms with E-state index in [9.17, 15) is 0 Å². The Balaban J connectivity index is 2.01. The molecule has 1 spiro atoms. The minimum atomic E-state index is -0.130. The highest BCUT2D eigenvalue weighted by Crippen LogP contribution is 2.43. The molecular formula is C14H22O2. The van der Waals surface area contributed by atoms with Crippen LogP contribution in [0, 0.1) is 11.3 Å². The molecule has 2 nitrogen and oxygen atoms in total. The number of allylic oxidation sites excluding steroid dienone is 3. The molecular weight excluding hydrogens is 200 g/mol. The normalized spacial score (nSPS) is 40.3. The van der Waals surface area contributed by atoms with E-state index in [0.717, 1.165) is 19.6 Å². The van der Waals surface area contributed by atoms with Crippen molar-refractivity contribution in [3.05, 3.63) is 23.8 Å². The van der Waals surface area contributed by atoms with Crippen molar-refractivity contribution in [1.82, 2.24) is 0 Å². The Labute approximate surface area is 98.3 Å². The summed E-state index contributed by atoms with van der Waals surface area (Å²) in [6.45, 7) is 8.18. The van der Waals surface area contributed by atoms with Crippen molar-refractivity contribution in [3.8, 4) is 0 Å². The van der Waals surface area contributed by atoms with Gasteiger partial charge in [0.2, 0.25) is 0 Å². The molecule has 0 saturated carbocycles. The van der Waals surface area contributed by atoms with Crippen LogP contribution in [0.4, 0.5) is 0 Å². The summed E-state index contributed by atoms with van der Waals surface area (Å²) in [5.41, 5.74) is 1.73. The van der Waals surface area contributed by atoms with E-state index < -0.39 is 0 Å². The summed E-state index contributed by atoms with van der Waals surface area (Å²) in [5.74, 6) is 0.657. The van der Waals surface area contributed by atoms with E-state index in [0.29, 0.717) is 5.92 Å². The molecule has 1 fully saturated rings. The Hall–Kier alpha value is -0.600. The summed E-state index contributed by atoms with van der Waals surface area (Å²) in [6.07, 6.45) is 8.46. The fourth-order valence-corrected chi connectivity index (χ4v) is 2.62. The van der Waals surface area contributed by atoms with Crippen molar-refractivity contribution in [2.75, 3.05) is 13.2 Å². The summed E-state index contributed by atoms with van der Waals surface area (Å²) in [4.78, 5) is 0. The fourth-order valence-electron chi connectivity index (χ4n) is 2.62. The molecule has 1 aliphatic heterocycles. The van der Waals surface area contributed by atoms with Gasteiger partial charge in [0.1, 0.15) is 0 Å². The maximum absolute atomic E-state index is 5.78. The van der Waals surface area contributed by atoms with Crippen molar-refractivity contribution in [1.29, 1.82) is 0 Å². The van der Waals surface area contributed by atoms with Gasteiger partial charge in [0.05, 0.1) is 13.2 Å². The van der Waals surface area contributed by atoms with Gasteiger partial charge in [0.25, 0.3) is 0 Å². The van der Waals surface area contributed by atoms with Gasteiger partial charge in [0, 0.05) is 5.41 Å². The van der Waals surface area contributed by atoms with Crippen LogP contribution in [0.2, 0.25) is 0 Å². The van der Waals surface area contributed by atoms with Crippen molar-refractivity contribution in [3.63, 3.8) is 0 Å². The molecule has 0 radical (unpaired) electrons. The van der Waals surface area contributed by atoms with Gasteiger partial charge < -0.3 is 9.47 Å². The van der Waals surface area contributed by atoms with Gasteiger partial charge in [-0.1, -0.05) is 24.6 Å². The lowest BCUT2D eigenvalue weighted by Gasteiger charge is -2.45. The molecule has 1 heterocycles. The quantitative estimate of drug-likeness (QED) is 0.634. The average molecular weight is 222 g/mol. The lowest BCUT2D eigenvalue weighted by molar-refractivity contribution is -0.219. The van der Waals surface area contributed by atoms with Gasteiger partial charge in [-0.05, 0) is 38.7 Å². The Bertz CT molecular complexity index is 296. The molecule has 0 aromatic carbocycles. The van der Waals surface area contributed by atoms with E-state index in [1.807, 2.05) is 19.1 Å². The van der Waals surface area contributed by atoms with E-state index >= 15 is 0 Å². The topological polar surface area (TPSA) is 18.5 Å². The molecule has 0 N–H and O–H groups in total. The minimum Gasteiger partial charge on any atom is -0.348 e. The largest absolute Gasteiger partial charge is 0.348 e. The predicted octanol–water partition coefficient (Wildman–Crippen LogP) is 3.30. The maximum Gasteiger partial charge on any atom is 0.176 e. The molecule has 16 heavy (non-hydrogen) atoms. The minimum absolute atomic E-state index is 0.130. The van der Waals surface area contributed by atoms with Crippen molar-refractivity contribution in [2.24, 2.45) is 11.3 Å². The number of hydrogen-bond acceptors (Lipinski definition) is 2. The second-order valence-corrected chi connectivity index (χ2v) is 5.24. The monoisotopic (exact) mass is 222 g/mol. The van der Waals surface area contributed by atoms with Gasteiger partial charge in [-0.3, -0.25) is 0 Å². The van der Waals surface area contributed by atoms with Crippen LogP contribution in [0.25, 0.3) is 0 Å². The van der Waals surface area contributed by atoms with Crippen molar-refractivity contribution >= 4 is 0 Å². The molecule has 90 valence electrons. The van der Waals surface area contributed by atoms with Gasteiger partial charge in [-0.2, -0.15) is 0 Å². The van der Waals surface area contributed by atoms with E-state index in [1.165, 1.54) is 12.0 Å². The first-order chi connectivity index (χ1) is 7.66. The van der Waals surface area contributed by atoms with Crippen LogP contribution in [0.1, 0.15) is 33.6 Å². The SMILES string of the molecule is C/C=C/C1OCC2(CC=C(C)C[C@H]2C)CO1. The summed E-state index contributed by atoms with van der Waals surface area (Å²) in [6, 6.07) is 0. The molecule has 1 saturated heterocycles. The van der Waals surface area contributed by atoms with E-state index in [-0.39, 0.29) is 11.7 Å². The predicted molar refractivity (Wildman–Crippen MR) is 65.1 cm³/mol. The van der Waals surface area contributed by atoms with Crippen LogP contribution in [-0.4, -0.2) is 19.5 Å². The first kappa shape index (κ1) is 11.9. The highest BCUT2D eigenvalue weighted by molar-refractivity contribution is 5.10. The van der Waals surface area contributed by atoms with Crippen LogP contribution >= 0.6 is 0 Å². The molecule has 2 rings (SSSR count). The fraction of sp³-hybridized carbons (Fsp3) is 0.714. The number of hydrogen-bond donors (Lipinski definition) is 0. The first-order valence-corrected chi connectivity index (χ1v) is 6.18. The molecule has 0 aromatic heterocycles. The molecule has 0 amide bonds. The van der Waals surface area contributed by atoms with Gasteiger partial charge in [-0.15, -0.1) is 0 Å². The van der Waals surface area contributed by atoms with Crippen LogP contribution in [0.5, 0.6) is 0 Å². The van der Waals surface area contributed by atoms with Crippen LogP contribution in [0.3, 0.4) is 0 Å². The van der Waals surface area contributed by atoms with Crippen LogP contribution in [0.15, 0.2) is 23.8 Å². The zero-order valence-electron chi connectivity index (χ0n) is 10.5. The second-order valence-electron chi connectivity index (χ2n) is 5.24. The van der Waals surface area contributed by atoms with Gasteiger partial charge in [-0.25, -0.2) is 0 Å². The Morgan fingerprint density at radius 3 is 2.62 bits per heavy atom. The molecule has 1 atom stereocenters. The van der Waals surface area contributed by atoms with Crippen molar-refractivity contribution < 1.29 is 9.47 Å². The lowest BCUT2D eigenvalue weighted by Crippen LogP contribution is -2.46. The molecule has 0 aromatic rings. The van der Waals surface area contributed by atoms with Crippen LogP contribution in [-0.2, 0) is 9.47 Å². The third-order valence-corrected chi connectivity index (χ3v) is 3.95. The van der Waals surface area contributed by atoms with E-state index in [2.05, 4.69) is 19.9 Å². The zero-order chi connectivity index (χ0) is 11.6. The summed E-state index contributed by atoms with van der Waals surface area (Å²) < 4.78 is 11.6. The molecule has 0 unspecified atom stereocenters. The van der Waals surface area contributed by atoms with E-state index in [1.54, 1.807) is 0 Å². The maximum atomic E-state index is 5.78. The van der Waals surface area contributed by atoms with Crippen molar-refractivity contribution in [2.45, 2.75) is 39.9 Å². The van der Waals surface area contributed by atoms with Gasteiger partial charge in [0.15, 0.2) is 6.29 Å². The average Bonchev–Trinajstić information content (AvgIpc) is 2.27. The van der Waals surface area contributed by atoms with E-state index in [4.69, 9.17) is 9.47 Å². The smallest absolute Gasteiger partial charge is 0.176 e. The third-order valence-electron chi connectivity index (χ3n) is 3.95. The standard InChI is InChI=1S/C14H22O2/c1-4-5-13-15-9-14(10-16-13)7-6-11(2)8-12(14)3/h4-6,12-13H,7-10H2,1-3H3/b5-4+/t12-,13?,14?/m1/s1. The summed E-state index contributed by atoms with van der Waals surface area (Å²) >= 11 is 0. The summed E-state index contributed by atoms with van der Waals surface area (Å²) in [5, 5.41) is 0. The number of ether oxygens (including phenoxy) is 2. The lowest BCUT2D eigenvalue weighted by atomic mass is 9.68. The third kappa shape index (κ3) is 2.23.